The van der Waals surface area contributed by atoms with E-state index in [0.29, 0.717) is 22.2 Å². The summed E-state index contributed by atoms with van der Waals surface area (Å²) in [6, 6.07) is 10.5. The molecule has 0 saturated heterocycles. The van der Waals surface area contributed by atoms with Gasteiger partial charge in [-0.3, -0.25) is 4.68 Å². The van der Waals surface area contributed by atoms with Gasteiger partial charge in [0.15, 0.2) is 11.4 Å². The fraction of sp³-hybridized carbons (Fsp3) is 0.167. The zero-order valence-electron chi connectivity index (χ0n) is 14.5. The fourth-order valence-corrected chi connectivity index (χ4v) is 3.79. The number of para-hydroxylation sites is 1. The van der Waals surface area contributed by atoms with Gasteiger partial charge in [0.05, 0.1) is 11.9 Å². The molecule has 0 spiro atoms. The molecule has 4 aromatic rings. The first-order chi connectivity index (χ1) is 12.3. The number of rotatable bonds is 3. The van der Waals surface area contributed by atoms with Gasteiger partial charge in [-0.1, -0.05) is 18.2 Å². The molecule has 26 heavy (non-hydrogen) atoms. The molecule has 3 heterocycles. The monoisotopic (exact) mass is 368 g/mol. The molecule has 1 aromatic carbocycles. The molecule has 0 amide bonds. The minimum absolute atomic E-state index is 0.0224. The minimum atomic E-state index is -4.06. The lowest BCUT2D eigenvalue weighted by Gasteiger charge is -2.09. The Hall–Kier alpha value is -3.00. The molecule has 7 nitrogen and oxygen atoms in total. The first-order valence-corrected chi connectivity index (χ1v) is 9.36. The molecule has 0 atom stereocenters. The molecule has 0 aliphatic rings. The maximum Gasteiger partial charge on any atom is 0.340 e. The zero-order chi connectivity index (χ0) is 18.5. The van der Waals surface area contributed by atoms with E-state index in [-0.39, 0.29) is 10.6 Å². The molecule has 0 N–H and O–H groups in total. The lowest BCUT2D eigenvalue weighted by atomic mass is 10.2. The van der Waals surface area contributed by atoms with Gasteiger partial charge in [-0.2, -0.15) is 13.5 Å². The summed E-state index contributed by atoms with van der Waals surface area (Å²) >= 11 is 0. The SMILES string of the molecule is Cc1ccc2cccc(OS(=O)(=O)c3cnc4c(c3)c(C)nn4C)c2n1. The second-order valence-corrected chi connectivity index (χ2v) is 7.62. The van der Waals surface area contributed by atoms with Crippen LogP contribution in [0.3, 0.4) is 0 Å². The van der Waals surface area contributed by atoms with Gasteiger partial charge in [-0.15, -0.1) is 0 Å². The van der Waals surface area contributed by atoms with Gasteiger partial charge in [0, 0.05) is 23.5 Å². The van der Waals surface area contributed by atoms with Crippen molar-refractivity contribution in [2.24, 2.45) is 7.05 Å². The molecule has 0 saturated carbocycles. The topological polar surface area (TPSA) is 87.0 Å². The Balaban J connectivity index is 1.81. The van der Waals surface area contributed by atoms with E-state index in [0.717, 1.165) is 11.1 Å². The van der Waals surface area contributed by atoms with Crippen molar-refractivity contribution >= 4 is 32.1 Å². The van der Waals surface area contributed by atoms with Crippen molar-refractivity contribution in [2.45, 2.75) is 18.7 Å². The lowest BCUT2D eigenvalue weighted by Crippen LogP contribution is -2.11. The van der Waals surface area contributed by atoms with Crippen LogP contribution < -0.4 is 4.18 Å². The van der Waals surface area contributed by atoms with Gasteiger partial charge in [-0.05, 0) is 32.0 Å². The van der Waals surface area contributed by atoms with E-state index in [1.165, 1.54) is 12.3 Å². The van der Waals surface area contributed by atoms with E-state index in [1.807, 2.05) is 25.1 Å². The summed E-state index contributed by atoms with van der Waals surface area (Å²) < 4.78 is 32.6. The normalized spacial score (nSPS) is 12.0. The molecule has 0 bridgehead atoms. The lowest BCUT2D eigenvalue weighted by molar-refractivity contribution is 0.488. The molecular weight excluding hydrogens is 352 g/mol. The maximum absolute atomic E-state index is 12.8. The summed E-state index contributed by atoms with van der Waals surface area (Å²) in [6.45, 7) is 3.65. The van der Waals surface area contributed by atoms with Crippen molar-refractivity contribution in [3.63, 3.8) is 0 Å². The van der Waals surface area contributed by atoms with E-state index in [2.05, 4.69) is 15.1 Å². The Bertz CT molecular complexity index is 1260. The average molecular weight is 368 g/mol. The predicted molar refractivity (Wildman–Crippen MR) is 97.5 cm³/mol. The van der Waals surface area contributed by atoms with Crippen LogP contribution in [0.4, 0.5) is 0 Å². The van der Waals surface area contributed by atoms with Gasteiger partial charge in [0.2, 0.25) is 0 Å². The van der Waals surface area contributed by atoms with Gasteiger partial charge in [0.1, 0.15) is 10.4 Å². The maximum atomic E-state index is 12.8. The number of pyridine rings is 2. The summed E-state index contributed by atoms with van der Waals surface area (Å²) in [5.74, 6) is 0.189. The number of nitrogens with zero attached hydrogens (tertiary/aromatic N) is 4. The van der Waals surface area contributed by atoms with Crippen LogP contribution in [0.25, 0.3) is 21.9 Å². The standard InChI is InChI=1S/C18H16N4O3S/c1-11-7-8-13-5-4-6-16(17(13)20-11)25-26(23,24)14-9-15-12(2)21-22(3)18(15)19-10-14/h4-10H,1-3H3. The highest BCUT2D eigenvalue weighted by Crippen LogP contribution is 2.28. The van der Waals surface area contributed by atoms with Crippen LogP contribution in [-0.2, 0) is 17.2 Å². The summed E-state index contributed by atoms with van der Waals surface area (Å²) in [4.78, 5) is 8.59. The van der Waals surface area contributed by atoms with E-state index in [4.69, 9.17) is 4.18 Å². The first-order valence-electron chi connectivity index (χ1n) is 7.95. The minimum Gasteiger partial charge on any atom is -0.377 e. The molecule has 0 aliphatic heterocycles. The third-order valence-corrected chi connectivity index (χ3v) is 5.35. The third-order valence-electron chi connectivity index (χ3n) is 4.15. The van der Waals surface area contributed by atoms with Crippen LogP contribution in [0.15, 0.2) is 47.5 Å². The number of hydrogen-bond donors (Lipinski definition) is 0. The first kappa shape index (κ1) is 16.5. The molecule has 3 aromatic heterocycles. The highest BCUT2D eigenvalue weighted by molar-refractivity contribution is 7.87. The molecule has 0 fully saturated rings. The Morgan fingerprint density at radius 2 is 1.92 bits per heavy atom. The van der Waals surface area contributed by atoms with E-state index in [9.17, 15) is 8.42 Å². The molecule has 4 rings (SSSR count). The van der Waals surface area contributed by atoms with Crippen LogP contribution in [-0.4, -0.2) is 28.2 Å². The van der Waals surface area contributed by atoms with Crippen molar-refractivity contribution in [3.8, 4) is 5.75 Å². The average Bonchev–Trinajstić information content (AvgIpc) is 2.89. The van der Waals surface area contributed by atoms with Crippen molar-refractivity contribution in [2.75, 3.05) is 0 Å². The molecule has 132 valence electrons. The highest BCUT2D eigenvalue weighted by atomic mass is 32.2. The number of benzene rings is 1. The Kier molecular flexibility index (Phi) is 3.66. The summed E-state index contributed by atoms with van der Waals surface area (Å²) in [7, 11) is -2.30. The summed E-state index contributed by atoms with van der Waals surface area (Å²) in [5.41, 5.74) is 2.60. The molecule has 0 aliphatic carbocycles. The van der Waals surface area contributed by atoms with E-state index >= 15 is 0 Å². The van der Waals surface area contributed by atoms with Crippen molar-refractivity contribution in [3.05, 3.63) is 54.0 Å². The van der Waals surface area contributed by atoms with Crippen LogP contribution in [0, 0.1) is 13.8 Å². The van der Waals surface area contributed by atoms with Crippen LogP contribution >= 0.6 is 0 Å². The number of aromatic nitrogens is 4. The van der Waals surface area contributed by atoms with Gasteiger partial charge < -0.3 is 4.18 Å². The molecule has 0 radical (unpaired) electrons. The number of hydrogen-bond acceptors (Lipinski definition) is 6. The predicted octanol–water partition coefficient (Wildman–Crippen LogP) is 2.90. The van der Waals surface area contributed by atoms with Crippen LogP contribution in [0.2, 0.25) is 0 Å². The quantitative estimate of drug-likeness (QED) is 0.517. The van der Waals surface area contributed by atoms with Gasteiger partial charge >= 0.3 is 10.1 Å². The Morgan fingerprint density at radius 3 is 2.73 bits per heavy atom. The van der Waals surface area contributed by atoms with Crippen LogP contribution in [0.1, 0.15) is 11.4 Å². The molecule has 8 heteroatoms. The smallest absolute Gasteiger partial charge is 0.340 e. The largest absolute Gasteiger partial charge is 0.377 e. The Labute approximate surface area is 150 Å². The van der Waals surface area contributed by atoms with Gasteiger partial charge in [0.25, 0.3) is 0 Å². The highest BCUT2D eigenvalue weighted by Gasteiger charge is 2.21. The van der Waals surface area contributed by atoms with E-state index in [1.54, 1.807) is 30.8 Å². The zero-order valence-corrected chi connectivity index (χ0v) is 15.3. The number of fused-ring (bicyclic) bond motifs is 2. The molecular formula is C18H16N4O3S. The van der Waals surface area contributed by atoms with Crippen LogP contribution in [0.5, 0.6) is 5.75 Å². The molecule has 0 unspecified atom stereocenters. The van der Waals surface area contributed by atoms with E-state index < -0.39 is 10.1 Å². The van der Waals surface area contributed by atoms with Crippen molar-refractivity contribution in [1.82, 2.24) is 19.7 Å². The van der Waals surface area contributed by atoms with Crippen molar-refractivity contribution in [1.29, 1.82) is 0 Å². The third kappa shape index (κ3) is 2.68. The Morgan fingerprint density at radius 1 is 1.12 bits per heavy atom. The van der Waals surface area contributed by atoms with Crippen molar-refractivity contribution < 1.29 is 12.6 Å². The van der Waals surface area contributed by atoms with Gasteiger partial charge in [-0.25, -0.2) is 9.97 Å². The number of aryl methyl sites for hydroxylation is 3. The summed E-state index contributed by atoms with van der Waals surface area (Å²) in [5, 5.41) is 5.73. The second kappa shape index (κ2) is 5.77. The fourth-order valence-electron chi connectivity index (χ4n) is 2.88. The second-order valence-electron chi connectivity index (χ2n) is 6.07. The summed E-state index contributed by atoms with van der Waals surface area (Å²) in [6.07, 6.45) is 1.28.